The van der Waals surface area contributed by atoms with E-state index in [1.54, 1.807) is 6.20 Å². The van der Waals surface area contributed by atoms with Crippen LogP contribution < -0.4 is 0 Å². The lowest BCUT2D eigenvalue weighted by Crippen LogP contribution is -2.22. The zero-order chi connectivity index (χ0) is 18.2. The number of fused-ring (bicyclic) bond motifs is 3. The maximum absolute atomic E-state index is 6.36. The molecule has 0 amide bonds. The van der Waals surface area contributed by atoms with Gasteiger partial charge in [0.1, 0.15) is 5.82 Å². The zero-order valence-electron chi connectivity index (χ0n) is 15.8. The van der Waals surface area contributed by atoms with Crippen LogP contribution in [0, 0.1) is 11.8 Å². The minimum Gasteiger partial charge on any atom is -0.381 e. The standard InChI is InChI=1S/C20H27N5O2/c1-2-14-9-15(27-12-13-4-7-26-8-5-13)10-16(14)20-24-23-18-11-22-19-17(25(18)20)3-6-21-19/h3,6,11,13-16,21H,2,4-5,7-10,12H2,1H3. The molecule has 0 radical (unpaired) electrons. The number of aromatic amines is 1. The van der Waals surface area contributed by atoms with Gasteiger partial charge < -0.3 is 14.5 Å². The summed E-state index contributed by atoms with van der Waals surface area (Å²) in [7, 11) is 0. The Bertz CT molecular complexity index is 914. The number of H-pyrrole nitrogens is 1. The highest BCUT2D eigenvalue weighted by Gasteiger charge is 2.38. The molecule has 7 nitrogen and oxygen atoms in total. The minimum atomic E-state index is 0.318. The average molecular weight is 369 g/mol. The topological polar surface area (TPSA) is 77.3 Å². The van der Waals surface area contributed by atoms with E-state index in [0.717, 1.165) is 74.6 Å². The molecule has 3 aromatic heterocycles. The van der Waals surface area contributed by atoms with Gasteiger partial charge in [0.25, 0.3) is 0 Å². The number of hydrogen-bond acceptors (Lipinski definition) is 5. The van der Waals surface area contributed by atoms with E-state index in [9.17, 15) is 0 Å². The summed E-state index contributed by atoms with van der Waals surface area (Å²) in [5, 5.41) is 8.96. The molecule has 1 aliphatic carbocycles. The van der Waals surface area contributed by atoms with Crippen LogP contribution in [0.15, 0.2) is 18.5 Å². The fraction of sp³-hybridized carbons (Fsp3) is 0.650. The molecule has 144 valence electrons. The summed E-state index contributed by atoms with van der Waals surface area (Å²) in [4.78, 5) is 7.62. The summed E-state index contributed by atoms with van der Waals surface area (Å²) < 4.78 is 14.0. The van der Waals surface area contributed by atoms with E-state index in [0.29, 0.717) is 23.9 Å². The van der Waals surface area contributed by atoms with Crippen LogP contribution in [0.1, 0.15) is 50.8 Å². The molecule has 0 spiro atoms. The SMILES string of the molecule is CCC1CC(OCC2CCOCC2)CC1c1nnc2cnc3[nH]ccc3n12. The van der Waals surface area contributed by atoms with Crippen molar-refractivity contribution in [2.24, 2.45) is 11.8 Å². The smallest absolute Gasteiger partial charge is 0.179 e. The molecule has 1 saturated heterocycles. The second-order valence-electron chi connectivity index (χ2n) is 7.98. The van der Waals surface area contributed by atoms with E-state index in [4.69, 9.17) is 9.47 Å². The van der Waals surface area contributed by atoms with Crippen molar-refractivity contribution in [2.75, 3.05) is 19.8 Å². The van der Waals surface area contributed by atoms with Crippen molar-refractivity contribution in [2.45, 2.75) is 51.0 Å². The first-order chi connectivity index (χ1) is 13.3. The Hall–Kier alpha value is -1.99. The minimum absolute atomic E-state index is 0.318. The van der Waals surface area contributed by atoms with Crippen molar-refractivity contribution >= 4 is 16.8 Å². The Labute approximate surface area is 158 Å². The Morgan fingerprint density at radius 3 is 3.00 bits per heavy atom. The molecule has 1 aliphatic heterocycles. The van der Waals surface area contributed by atoms with Crippen LogP contribution in [0.2, 0.25) is 0 Å². The van der Waals surface area contributed by atoms with Gasteiger partial charge in [-0.25, -0.2) is 4.98 Å². The predicted octanol–water partition coefficient (Wildman–Crippen LogP) is 3.32. The van der Waals surface area contributed by atoms with Crippen molar-refractivity contribution in [1.82, 2.24) is 24.6 Å². The van der Waals surface area contributed by atoms with Gasteiger partial charge in [0, 0.05) is 31.9 Å². The highest BCUT2D eigenvalue weighted by atomic mass is 16.5. The van der Waals surface area contributed by atoms with Crippen LogP contribution in [0.4, 0.5) is 0 Å². The van der Waals surface area contributed by atoms with E-state index in [2.05, 4.69) is 37.6 Å². The lowest BCUT2D eigenvalue weighted by Gasteiger charge is -2.23. The molecule has 2 aliphatic rings. The third kappa shape index (κ3) is 3.12. The van der Waals surface area contributed by atoms with Gasteiger partial charge in [0.2, 0.25) is 0 Å². The molecule has 1 saturated carbocycles. The molecule has 3 atom stereocenters. The summed E-state index contributed by atoms with van der Waals surface area (Å²) in [6, 6.07) is 2.05. The van der Waals surface area contributed by atoms with Crippen LogP contribution in [0.3, 0.4) is 0 Å². The first-order valence-electron chi connectivity index (χ1n) is 10.2. The van der Waals surface area contributed by atoms with E-state index >= 15 is 0 Å². The van der Waals surface area contributed by atoms with E-state index in [1.165, 1.54) is 0 Å². The van der Waals surface area contributed by atoms with Gasteiger partial charge >= 0.3 is 0 Å². The van der Waals surface area contributed by atoms with E-state index in [1.807, 2.05) is 6.20 Å². The van der Waals surface area contributed by atoms with Crippen LogP contribution in [-0.2, 0) is 9.47 Å². The van der Waals surface area contributed by atoms with Crippen molar-refractivity contribution in [1.29, 1.82) is 0 Å². The molecule has 4 heterocycles. The average Bonchev–Trinajstić information content (AvgIpc) is 3.43. The fourth-order valence-corrected chi connectivity index (χ4v) is 4.80. The lowest BCUT2D eigenvalue weighted by molar-refractivity contribution is -0.00981. The third-order valence-electron chi connectivity index (χ3n) is 6.38. The maximum Gasteiger partial charge on any atom is 0.179 e. The quantitative estimate of drug-likeness (QED) is 0.746. The van der Waals surface area contributed by atoms with Gasteiger partial charge in [-0.05, 0) is 43.6 Å². The van der Waals surface area contributed by atoms with Crippen LogP contribution in [0.25, 0.3) is 16.8 Å². The monoisotopic (exact) mass is 369 g/mol. The Morgan fingerprint density at radius 1 is 1.26 bits per heavy atom. The number of hydrogen-bond donors (Lipinski definition) is 1. The second kappa shape index (κ2) is 7.20. The predicted molar refractivity (Wildman–Crippen MR) is 102 cm³/mol. The number of nitrogens with zero attached hydrogens (tertiary/aromatic N) is 4. The molecule has 3 aromatic rings. The normalized spacial score (nSPS) is 27.1. The summed E-state index contributed by atoms with van der Waals surface area (Å²) in [5.41, 5.74) is 2.74. The van der Waals surface area contributed by atoms with Crippen molar-refractivity contribution in [3.8, 4) is 0 Å². The molecule has 5 rings (SSSR count). The number of aromatic nitrogens is 5. The highest BCUT2D eigenvalue weighted by molar-refractivity contribution is 5.74. The van der Waals surface area contributed by atoms with Crippen molar-refractivity contribution in [3.63, 3.8) is 0 Å². The lowest BCUT2D eigenvalue weighted by atomic mass is 9.93. The highest BCUT2D eigenvalue weighted by Crippen LogP contribution is 2.42. The van der Waals surface area contributed by atoms with E-state index < -0.39 is 0 Å². The van der Waals surface area contributed by atoms with Gasteiger partial charge in [-0.1, -0.05) is 13.3 Å². The largest absolute Gasteiger partial charge is 0.381 e. The van der Waals surface area contributed by atoms with Gasteiger partial charge in [-0.2, -0.15) is 0 Å². The molecule has 3 unspecified atom stereocenters. The molecular formula is C20H27N5O2. The van der Waals surface area contributed by atoms with Crippen molar-refractivity contribution < 1.29 is 9.47 Å². The Balaban J connectivity index is 1.37. The van der Waals surface area contributed by atoms with E-state index in [-0.39, 0.29) is 0 Å². The van der Waals surface area contributed by atoms with Crippen LogP contribution in [0.5, 0.6) is 0 Å². The Morgan fingerprint density at radius 2 is 2.15 bits per heavy atom. The van der Waals surface area contributed by atoms with Gasteiger partial charge in [0.15, 0.2) is 11.3 Å². The summed E-state index contributed by atoms with van der Waals surface area (Å²) in [6.07, 6.45) is 9.56. The third-order valence-corrected chi connectivity index (χ3v) is 6.38. The molecule has 0 aromatic carbocycles. The van der Waals surface area contributed by atoms with Crippen molar-refractivity contribution in [3.05, 3.63) is 24.3 Å². The van der Waals surface area contributed by atoms with Crippen LogP contribution >= 0.6 is 0 Å². The number of rotatable bonds is 5. The maximum atomic E-state index is 6.36. The van der Waals surface area contributed by atoms with Gasteiger partial charge in [-0.3, -0.25) is 4.40 Å². The molecular weight excluding hydrogens is 342 g/mol. The summed E-state index contributed by atoms with van der Waals surface area (Å²) >= 11 is 0. The molecule has 0 bridgehead atoms. The summed E-state index contributed by atoms with van der Waals surface area (Å²) in [5.74, 6) is 2.67. The molecule has 7 heteroatoms. The first kappa shape index (κ1) is 17.1. The summed E-state index contributed by atoms with van der Waals surface area (Å²) in [6.45, 7) is 4.90. The van der Waals surface area contributed by atoms with Gasteiger partial charge in [-0.15, -0.1) is 10.2 Å². The molecule has 27 heavy (non-hydrogen) atoms. The molecule has 1 N–H and O–H groups in total. The van der Waals surface area contributed by atoms with Crippen LogP contribution in [-0.4, -0.2) is 50.5 Å². The Kier molecular flexibility index (Phi) is 4.57. The first-order valence-corrected chi connectivity index (χ1v) is 10.2. The fourth-order valence-electron chi connectivity index (χ4n) is 4.80. The second-order valence-corrected chi connectivity index (χ2v) is 7.98. The zero-order valence-corrected chi connectivity index (χ0v) is 15.8. The number of ether oxygens (including phenoxy) is 2. The van der Waals surface area contributed by atoms with Gasteiger partial charge in [0.05, 0.1) is 17.8 Å². The molecule has 2 fully saturated rings. The number of nitrogens with one attached hydrogen (secondary N) is 1.